The van der Waals surface area contributed by atoms with Gasteiger partial charge in [-0.1, -0.05) is 18.5 Å². The number of nitrogens with one attached hydrogen (secondary N) is 2. The lowest BCUT2D eigenvalue weighted by molar-refractivity contribution is -0.120. The average molecular weight is 282 g/mol. The maximum absolute atomic E-state index is 12.1. The Morgan fingerprint density at radius 1 is 1.42 bits per heavy atom. The summed E-state index contributed by atoms with van der Waals surface area (Å²) in [6.45, 7) is 3.50. The summed E-state index contributed by atoms with van der Waals surface area (Å²) in [5.74, 6) is -0.463. The first kappa shape index (κ1) is 13.8. The van der Waals surface area contributed by atoms with E-state index in [0.29, 0.717) is 22.8 Å². The third kappa shape index (κ3) is 3.05. The van der Waals surface area contributed by atoms with E-state index in [-0.39, 0.29) is 17.7 Å². The van der Waals surface area contributed by atoms with Crippen LogP contribution in [0.2, 0.25) is 5.02 Å². The largest absolute Gasteiger partial charge is 0.366 e. The van der Waals surface area contributed by atoms with Gasteiger partial charge in [-0.2, -0.15) is 0 Å². The Hall–Kier alpha value is -1.59. The summed E-state index contributed by atoms with van der Waals surface area (Å²) >= 11 is 6.01. The van der Waals surface area contributed by atoms with E-state index in [4.69, 9.17) is 17.3 Å². The van der Waals surface area contributed by atoms with Crippen LogP contribution in [0.4, 0.5) is 5.69 Å². The van der Waals surface area contributed by atoms with Gasteiger partial charge in [0.15, 0.2) is 0 Å². The molecule has 5 nitrogen and oxygen atoms in total. The average Bonchev–Trinajstić information content (AvgIpc) is 2.78. The molecule has 1 heterocycles. The fourth-order valence-corrected chi connectivity index (χ4v) is 2.33. The Balaban J connectivity index is 2.16. The summed E-state index contributed by atoms with van der Waals surface area (Å²) < 4.78 is 0. The predicted molar refractivity (Wildman–Crippen MR) is 74.1 cm³/mol. The molecule has 0 aliphatic carbocycles. The van der Waals surface area contributed by atoms with Crippen LogP contribution in [-0.2, 0) is 4.79 Å². The lowest BCUT2D eigenvalue weighted by Crippen LogP contribution is -2.28. The van der Waals surface area contributed by atoms with Crippen molar-refractivity contribution in [3.8, 4) is 0 Å². The van der Waals surface area contributed by atoms with E-state index < -0.39 is 5.91 Å². The van der Waals surface area contributed by atoms with Crippen LogP contribution in [0.1, 0.15) is 17.3 Å². The number of carbonyl (C=O) groups excluding carboxylic acids is 2. The summed E-state index contributed by atoms with van der Waals surface area (Å²) in [6, 6.07) is 4.57. The van der Waals surface area contributed by atoms with Crippen LogP contribution in [-0.4, -0.2) is 24.9 Å². The molecule has 2 unspecified atom stereocenters. The number of hydrogen-bond donors (Lipinski definition) is 3. The van der Waals surface area contributed by atoms with Crippen LogP contribution in [0.5, 0.6) is 0 Å². The molecule has 1 fully saturated rings. The molecule has 1 aliphatic heterocycles. The van der Waals surface area contributed by atoms with Crippen molar-refractivity contribution >= 4 is 29.1 Å². The van der Waals surface area contributed by atoms with Crippen molar-refractivity contribution in [2.75, 3.05) is 18.4 Å². The smallest absolute Gasteiger partial charge is 0.248 e. The van der Waals surface area contributed by atoms with Crippen molar-refractivity contribution in [1.29, 1.82) is 0 Å². The molecule has 102 valence electrons. The number of anilines is 1. The maximum Gasteiger partial charge on any atom is 0.248 e. The highest BCUT2D eigenvalue weighted by atomic mass is 35.5. The topological polar surface area (TPSA) is 84.2 Å². The lowest BCUT2D eigenvalue weighted by Gasteiger charge is -2.15. The molecule has 0 spiro atoms. The van der Waals surface area contributed by atoms with Gasteiger partial charge in [-0.25, -0.2) is 0 Å². The van der Waals surface area contributed by atoms with E-state index in [1.807, 2.05) is 6.92 Å². The van der Waals surface area contributed by atoms with Gasteiger partial charge in [-0.3, -0.25) is 9.59 Å². The molecule has 1 aromatic rings. The number of hydrogen-bond acceptors (Lipinski definition) is 3. The Kier molecular flexibility index (Phi) is 4.07. The summed E-state index contributed by atoms with van der Waals surface area (Å²) in [5.41, 5.74) is 5.94. The summed E-state index contributed by atoms with van der Waals surface area (Å²) in [7, 11) is 0. The number of primary amides is 1. The molecule has 6 heteroatoms. The molecule has 19 heavy (non-hydrogen) atoms. The van der Waals surface area contributed by atoms with Crippen LogP contribution in [0.3, 0.4) is 0 Å². The fourth-order valence-electron chi connectivity index (χ4n) is 2.16. The van der Waals surface area contributed by atoms with E-state index in [9.17, 15) is 9.59 Å². The van der Waals surface area contributed by atoms with E-state index in [1.165, 1.54) is 12.1 Å². The lowest BCUT2D eigenvalue weighted by atomic mass is 9.97. The van der Waals surface area contributed by atoms with Crippen molar-refractivity contribution in [3.05, 3.63) is 28.8 Å². The van der Waals surface area contributed by atoms with Crippen molar-refractivity contribution in [2.45, 2.75) is 6.92 Å². The second-order valence-electron chi connectivity index (χ2n) is 4.79. The minimum absolute atomic E-state index is 0.0895. The van der Waals surface area contributed by atoms with E-state index in [0.717, 1.165) is 6.54 Å². The molecular formula is C13H16ClN3O2. The zero-order valence-electron chi connectivity index (χ0n) is 10.6. The van der Waals surface area contributed by atoms with Gasteiger partial charge in [0.2, 0.25) is 11.8 Å². The minimum Gasteiger partial charge on any atom is -0.366 e. The van der Waals surface area contributed by atoms with E-state index in [1.54, 1.807) is 6.07 Å². The highest BCUT2D eigenvalue weighted by Crippen LogP contribution is 2.25. The van der Waals surface area contributed by atoms with Gasteiger partial charge < -0.3 is 16.4 Å². The molecule has 4 N–H and O–H groups in total. The molecule has 2 atom stereocenters. The maximum atomic E-state index is 12.1. The van der Waals surface area contributed by atoms with Crippen molar-refractivity contribution in [3.63, 3.8) is 0 Å². The van der Waals surface area contributed by atoms with Crippen LogP contribution in [0.25, 0.3) is 0 Å². The predicted octanol–water partition coefficient (Wildman–Crippen LogP) is 1.23. The zero-order valence-corrected chi connectivity index (χ0v) is 11.3. The molecule has 1 aliphatic rings. The highest BCUT2D eigenvalue weighted by Gasteiger charge is 2.29. The number of benzene rings is 1. The first-order valence-electron chi connectivity index (χ1n) is 6.10. The normalized spacial score (nSPS) is 22.2. The first-order chi connectivity index (χ1) is 8.99. The van der Waals surface area contributed by atoms with Crippen LogP contribution in [0.15, 0.2) is 18.2 Å². The van der Waals surface area contributed by atoms with Crippen LogP contribution >= 0.6 is 11.6 Å². The monoisotopic (exact) mass is 281 g/mol. The van der Waals surface area contributed by atoms with Gasteiger partial charge in [0.25, 0.3) is 0 Å². The highest BCUT2D eigenvalue weighted by molar-refractivity contribution is 6.33. The van der Waals surface area contributed by atoms with Gasteiger partial charge >= 0.3 is 0 Å². The standard InChI is InChI=1S/C13H16ClN3O2/c1-7-5-16-6-9(7)13(19)17-11-4-8(12(15)18)2-3-10(11)14/h2-4,7,9,16H,5-6H2,1H3,(H2,15,18)(H,17,19). The number of carbonyl (C=O) groups is 2. The van der Waals surface area contributed by atoms with Gasteiger partial charge in [-0.15, -0.1) is 0 Å². The number of rotatable bonds is 3. The molecule has 1 saturated heterocycles. The van der Waals surface area contributed by atoms with Gasteiger partial charge in [-0.05, 0) is 30.7 Å². The van der Waals surface area contributed by atoms with Crippen molar-refractivity contribution in [1.82, 2.24) is 5.32 Å². The second-order valence-corrected chi connectivity index (χ2v) is 5.20. The van der Waals surface area contributed by atoms with Crippen LogP contribution < -0.4 is 16.4 Å². The van der Waals surface area contributed by atoms with Crippen molar-refractivity contribution in [2.24, 2.45) is 17.6 Å². The third-order valence-electron chi connectivity index (χ3n) is 3.36. The molecule has 2 rings (SSSR count). The van der Waals surface area contributed by atoms with Crippen LogP contribution in [0, 0.1) is 11.8 Å². The number of halogens is 1. The fraction of sp³-hybridized carbons (Fsp3) is 0.385. The minimum atomic E-state index is -0.553. The van der Waals surface area contributed by atoms with E-state index >= 15 is 0 Å². The third-order valence-corrected chi connectivity index (χ3v) is 3.69. The molecule has 2 amide bonds. The molecular weight excluding hydrogens is 266 g/mol. The molecule has 0 radical (unpaired) electrons. The number of amides is 2. The Bertz CT molecular complexity index is 519. The van der Waals surface area contributed by atoms with Gasteiger partial charge in [0, 0.05) is 12.1 Å². The van der Waals surface area contributed by atoms with Gasteiger partial charge in [0.05, 0.1) is 16.6 Å². The van der Waals surface area contributed by atoms with Crippen molar-refractivity contribution < 1.29 is 9.59 Å². The quantitative estimate of drug-likeness (QED) is 0.779. The molecule has 1 aromatic carbocycles. The molecule has 0 bridgehead atoms. The first-order valence-corrected chi connectivity index (χ1v) is 6.47. The molecule has 0 aromatic heterocycles. The zero-order chi connectivity index (χ0) is 14.0. The molecule has 0 saturated carbocycles. The summed E-state index contributed by atoms with van der Waals surface area (Å²) in [6.07, 6.45) is 0. The van der Waals surface area contributed by atoms with E-state index in [2.05, 4.69) is 10.6 Å². The summed E-state index contributed by atoms with van der Waals surface area (Å²) in [4.78, 5) is 23.2. The number of nitrogens with two attached hydrogens (primary N) is 1. The SMILES string of the molecule is CC1CNCC1C(=O)Nc1cc(C(N)=O)ccc1Cl. The Morgan fingerprint density at radius 2 is 2.16 bits per heavy atom. The Morgan fingerprint density at radius 3 is 2.74 bits per heavy atom. The second kappa shape index (κ2) is 5.59. The Labute approximate surface area is 116 Å². The van der Waals surface area contributed by atoms with Gasteiger partial charge in [0.1, 0.15) is 0 Å². The summed E-state index contributed by atoms with van der Waals surface area (Å²) in [5, 5.41) is 6.31.